The van der Waals surface area contributed by atoms with E-state index in [2.05, 4.69) is 29.3 Å². The number of hydrogen-bond acceptors (Lipinski definition) is 5. The first-order valence-corrected chi connectivity index (χ1v) is 8.42. The highest BCUT2D eigenvalue weighted by Gasteiger charge is 2.23. The summed E-state index contributed by atoms with van der Waals surface area (Å²) in [6.45, 7) is 5.31. The molecule has 2 N–H and O–H groups in total. The predicted molar refractivity (Wildman–Crippen MR) is 91.9 cm³/mol. The van der Waals surface area contributed by atoms with Crippen LogP contribution in [0.25, 0.3) is 0 Å². The minimum absolute atomic E-state index is 0.266. The Hall–Kier alpha value is -1.14. The molecule has 5 nitrogen and oxygen atoms in total. The van der Waals surface area contributed by atoms with Crippen LogP contribution in [0.3, 0.4) is 0 Å². The van der Waals surface area contributed by atoms with Crippen LogP contribution in [0.2, 0.25) is 0 Å². The zero-order chi connectivity index (χ0) is 16.7. The quantitative estimate of drug-likeness (QED) is 0.765. The number of piperidine rings is 1. The molecule has 0 radical (unpaired) electrons. The van der Waals surface area contributed by atoms with Gasteiger partial charge in [0.05, 0.1) is 19.8 Å². The SMILES string of the molecule is COCC(O)CN1CCC(NC(C)c2ccccc2OC)CC1. The van der Waals surface area contributed by atoms with Gasteiger partial charge in [-0.15, -0.1) is 0 Å². The van der Waals surface area contributed by atoms with Gasteiger partial charge in [-0.3, -0.25) is 0 Å². The van der Waals surface area contributed by atoms with E-state index in [4.69, 9.17) is 9.47 Å². The van der Waals surface area contributed by atoms with E-state index in [1.807, 2.05) is 12.1 Å². The van der Waals surface area contributed by atoms with Gasteiger partial charge < -0.3 is 24.8 Å². The summed E-state index contributed by atoms with van der Waals surface area (Å²) in [6, 6.07) is 8.95. The number of aliphatic hydroxyl groups excluding tert-OH is 1. The topological polar surface area (TPSA) is 54.0 Å². The summed E-state index contributed by atoms with van der Waals surface area (Å²) in [5.74, 6) is 0.938. The Morgan fingerprint density at radius 3 is 2.61 bits per heavy atom. The van der Waals surface area contributed by atoms with Crippen LogP contribution in [0.15, 0.2) is 24.3 Å². The van der Waals surface area contributed by atoms with Gasteiger partial charge in [0, 0.05) is 31.3 Å². The molecule has 2 rings (SSSR count). The molecule has 0 aromatic heterocycles. The van der Waals surface area contributed by atoms with Crippen LogP contribution >= 0.6 is 0 Å². The number of benzene rings is 1. The van der Waals surface area contributed by atoms with Crippen LogP contribution in [-0.2, 0) is 4.74 Å². The molecule has 1 heterocycles. The minimum Gasteiger partial charge on any atom is -0.496 e. The Balaban J connectivity index is 1.79. The fraction of sp³-hybridized carbons (Fsp3) is 0.667. The second-order valence-electron chi connectivity index (χ2n) is 6.31. The van der Waals surface area contributed by atoms with E-state index in [0.29, 0.717) is 19.2 Å². The first-order valence-electron chi connectivity index (χ1n) is 8.42. The lowest BCUT2D eigenvalue weighted by molar-refractivity contribution is 0.0308. The largest absolute Gasteiger partial charge is 0.496 e. The highest BCUT2D eigenvalue weighted by atomic mass is 16.5. The van der Waals surface area contributed by atoms with Gasteiger partial charge in [0.15, 0.2) is 0 Å². The number of rotatable bonds is 8. The molecule has 130 valence electrons. The molecule has 1 aromatic rings. The Bertz CT molecular complexity index is 461. The van der Waals surface area contributed by atoms with Crippen molar-refractivity contribution in [1.29, 1.82) is 0 Å². The van der Waals surface area contributed by atoms with Gasteiger partial charge in [-0.1, -0.05) is 18.2 Å². The Kier molecular flexibility index (Phi) is 7.30. The van der Waals surface area contributed by atoms with E-state index in [-0.39, 0.29) is 6.04 Å². The van der Waals surface area contributed by atoms with Gasteiger partial charge in [0.1, 0.15) is 5.75 Å². The van der Waals surface area contributed by atoms with Crippen LogP contribution in [-0.4, -0.2) is 62.6 Å². The molecule has 2 unspecified atom stereocenters. The van der Waals surface area contributed by atoms with Gasteiger partial charge >= 0.3 is 0 Å². The number of methoxy groups -OCH3 is 2. The summed E-state index contributed by atoms with van der Waals surface area (Å²) in [7, 11) is 3.34. The van der Waals surface area contributed by atoms with Crippen molar-refractivity contribution >= 4 is 0 Å². The number of hydrogen-bond donors (Lipinski definition) is 2. The highest BCUT2D eigenvalue weighted by Crippen LogP contribution is 2.25. The van der Waals surface area contributed by atoms with Crippen LogP contribution in [0.4, 0.5) is 0 Å². The van der Waals surface area contributed by atoms with Gasteiger partial charge in [-0.05, 0) is 38.9 Å². The Labute approximate surface area is 139 Å². The number of β-amino-alcohol motifs (C(OH)–C–C–N with tert-alkyl or cyclic N) is 1. The molecule has 23 heavy (non-hydrogen) atoms. The normalized spacial score (nSPS) is 19.5. The Morgan fingerprint density at radius 2 is 1.96 bits per heavy atom. The van der Waals surface area contributed by atoms with Gasteiger partial charge in [0.25, 0.3) is 0 Å². The Morgan fingerprint density at radius 1 is 1.26 bits per heavy atom. The van der Waals surface area contributed by atoms with Crippen LogP contribution < -0.4 is 10.1 Å². The molecule has 1 saturated heterocycles. The van der Waals surface area contributed by atoms with Crippen molar-refractivity contribution in [2.75, 3.05) is 40.5 Å². The number of para-hydroxylation sites is 1. The fourth-order valence-corrected chi connectivity index (χ4v) is 3.29. The van der Waals surface area contributed by atoms with E-state index < -0.39 is 6.10 Å². The summed E-state index contributed by atoms with van der Waals surface area (Å²) in [5, 5.41) is 13.5. The lowest BCUT2D eigenvalue weighted by Gasteiger charge is -2.35. The molecule has 1 aromatic carbocycles. The first kappa shape index (κ1) is 18.2. The number of ether oxygens (including phenoxy) is 2. The molecule has 1 aliphatic heterocycles. The van der Waals surface area contributed by atoms with E-state index in [0.717, 1.165) is 31.7 Å². The van der Waals surface area contributed by atoms with Crippen LogP contribution in [0.5, 0.6) is 5.75 Å². The van der Waals surface area contributed by atoms with Crippen molar-refractivity contribution in [2.45, 2.75) is 38.0 Å². The third-order valence-corrected chi connectivity index (χ3v) is 4.51. The lowest BCUT2D eigenvalue weighted by atomic mass is 10.0. The number of aliphatic hydroxyl groups is 1. The highest BCUT2D eigenvalue weighted by molar-refractivity contribution is 5.35. The minimum atomic E-state index is -0.392. The summed E-state index contributed by atoms with van der Waals surface area (Å²) < 4.78 is 10.4. The zero-order valence-electron chi connectivity index (χ0n) is 14.5. The average Bonchev–Trinajstić information content (AvgIpc) is 2.56. The smallest absolute Gasteiger partial charge is 0.123 e. The summed E-state index contributed by atoms with van der Waals surface area (Å²) in [4.78, 5) is 2.32. The molecular weight excluding hydrogens is 292 g/mol. The molecular formula is C18H30N2O3. The molecule has 0 saturated carbocycles. The van der Waals surface area contributed by atoms with Crippen molar-refractivity contribution in [3.8, 4) is 5.75 Å². The van der Waals surface area contributed by atoms with Gasteiger partial charge in [-0.25, -0.2) is 0 Å². The molecule has 1 fully saturated rings. The van der Waals surface area contributed by atoms with E-state index in [1.54, 1.807) is 14.2 Å². The van der Waals surface area contributed by atoms with E-state index in [9.17, 15) is 5.11 Å². The maximum Gasteiger partial charge on any atom is 0.123 e. The first-order chi connectivity index (χ1) is 11.1. The summed E-state index contributed by atoms with van der Waals surface area (Å²) in [6.07, 6.45) is 1.80. The maximum absolute atomic E-state index is 9.82. The maximum atomic E-state index is 9.82. The fourth-order valence-electron chi connectivity index (χ4n) is 3.29. The lowest BCUT2D eigenvalue weighted by Crippen LogP contribution is -2.46. The van der Waals surface area contributed by atoms with E-state index in [1.165, 1.54) is 5.56 Å². The average molecular weight is 322 g/mol. The number of likely N-dealkylation sites (tertiary alicyclic amines) is 1. The van der Waals surface area contributed by atoms with Gasteiger partial charge in [-0.2, -0.15) is 0 Å². The number of nitrogens with one attached hydrogen (secondary N) is 1. The molecule has 0 amide bonds. The molecule has 0 bridgehead atoms. The molecule has 1 aliphatic rings. The van der Waals surface area contributed by atoms with Crippen molar-refractivity contribution in [2.24, 2.45) is 0 Å². The monoisotopic (exact) mass is 322 g/mol. The van der Waals surface area contributed by atoms with Crippen molar-refractivity contribution < 1.29 is 14.6 Å². The second-order valence-corrected chi connectivity index (χ2v) is 6.31. The van der Waals surface area contributed by atoms with Crippen molar-refractivity contribution in [1.82, 2.24) is 10.2 Å². The summed E-state index contributed by atoms with van der Waals surface area (Å²) in [5.41, 5.74) is 1.20. The van der Waals surface area contributed by atoms with Crippen LogP contribution in [0, 0.1) is 0 Å². The van der Waals surface area contributed by atoms with Crippen molar-refractivity contribution in [3.05, 3.63) is 29.8 Å². The predicted octanol–water partition coefficient (Wildman–Crippen LogP) is 1.82. The van der Waals surface area contributed by atoms with Crippen molar-refractivity contribution in [3.63, 3.8) is 0 Å². The standard InChI is InChI=1S/C18H30N2O3/c1-14(17-6-4-5-7-18(17)23-3)19-15-8-10-20(11-9-15)12-16(21)13-22-2/h4-7,14-16,19,21H,8-13H2,1-3H3. The molecule has 0 aliphatic carbocycles. The third-order valence-electron chi connectivity index (χ3n) is 4.51. The molecule has 5 heteroatoms. The van der Waals surface area contributed by atoms with E-state index >= 15 is 0 Å². The number of nitrogens with zero attached hydrogens (tertiary/aromatic N) is 1. The molecule has 0 spiro atoms. The second kappa shape index (κ2) is 9.23. The summed E-state index contributed by atoms with van der Waals surface area (Å²) >= 11 is 0. The zero-order valence-corrected chi connectivity index (χ0v) is 14.5. The molecule has 2 atom stereocenters. The van der Waals surface area contributed by atoms with Gasteiger partial charge in [0.2, 0.25) is 0 Å². The third kappa shape index (κ3) is 5.46. The van der Waals surface area contributed by atoms with Crippen LogP contribution in [0.1, 0.15) is 31.4 Å².